The average molecular weight is 219 g/mol. The largest absolute Gasteiger partial charge is 0.327 e. The van der Waals surface area contributed by atoms with Gasteiger partial charge in [-0.25, -0.2) is 0 Å². The predicted octanol–water partition coefficient (Wildman–Crippen LogP) is 3.73. The highest BCUT2D eigenvalue weighted by molar-refractivity contribution is 5.27. The van der Waals surface area contributed by atoms with Gasteiger partial charge in [-0.3, -0.25) is 0 Å². The van der Waals surface area contributed by atoms with Gasteiger partial charge in [-0.2, -0.15) is 0 Å². The highest BCUT2D eigenvalue weighted by Crippen LogP contribution is 2.36. The molecule has 2 N–H and O–H groups in total. The molecule has 1 heteroatoms. The van der Waals surface area contributed by atoms with Crippen molar-refractivity contribution < 1.29 is 0 Å². The molecule has 0 radical (unpaired) electrons. The Morgan fingerprint density at radius 2 is 1.56 bits per heavy atom. The van der Waals surface area contributed by atoms with E-state index in [2.05, 4.69) is 58.0 Å². The summed E-state index contributed by atoms with van der Waals surface area (Å²) < 4.78 is 0. The first-order chi connectivity index (χ1) is 7.58. The topological polar surface area (TPSA) is 26.0 Å². The van der Waals surface area contributed by atoms with E-state index in [0.29, 0.717) is 5.92 Å². The predicted molar refractivity (Wildman–Crippen MR) is 71.5 cm³/mol. The first kappa shape index (κ1) is 13.2. The maximum atomic E-state index is 6.45. The van der Waals surface area contributed by atoms with Crippen molar-refractivity contribution in [3.8, 4) is 0 Å². The van der Waals surface area contributed by atoms with E-state index in [1.54, 1.807) is 0 Å². The number of hydrogen-bond donors (Lipinski definition) is 1. The van der Waals surface area contributed by atoms with E-state index in [1.807, 2.05) is 0 Å². The van der Waals surface area contributed by atoms with Gasteiger partial charge < -0.3 is 5.73 Å². The van der Waals surface area contributed by atoms with Gasteiger partial charge in [0.1, 0.15) is 0 Å². The Morgan fingerprint density at radius 1 is 1.06 bits per heavy atom. The molecule has 0 amide bonds. The van der Waals surface area contributed by atoms with Crippen LogP contribution in [0.25, 0.3) is 0 Å². The third-order valence-corrected chi connectivity index (χ3v) is 3.97. The summed E-state index contributed by atoms with van der Waals surface area (Å²) in [5, 5.41) is 0. The average Bonchev–Trinajstić information content (AvgIpc) is 2.32. The highest BCUT2D eigenvalue weighted by atomic mass is 14.7. The van der Waals surface area contributed by atoms with Crippen LogP contribution in [0, 0.1) is 5.92 Å². The summed E-state index contributed by atoms with van der Waals surface area (Å²) in [4.78, 5) is 0. The normalized spacial score (nSPS) is 14.1. The van der Waals surface area contributed by atoms with E-state index in [9.17, 15) is 0 Å². The Bertz CT molecular complexity index is 298. The van der Waals surface area contributed by atoms with Crippen molar-refractivity contribution in [2.75, 3.05) is 0 Å². The summed E-state index contributed by atoms with van der Waals surface area (Å²) in [7, 11) is 0. The molecule has 0 aliphatic carbocycles. The smallest absolute Gasteiger partial charge is 0.0159 e. The van der Waals surface area contributed by atoms with Crippen molar-refractivity contribution in [1.82, 2.24) is 0 Å². The minimum Gasteiger partial charge on any atom is -0.327 e. The third-order valence-electron chi connectivity index (χ3n) is 3.97. The van der Waals surface area contributed by atoms with E-state index in [-0.39, 0.29) is 11.5 Å². The molecule has 0 fully saturated rings. The molecule has 0 aromatic heterocycles. The molecule has 0 saturated heterocycles. The molecule has 0 heterocycles. The summed E-state index contributed by atoms with van der Waals surface area (Å²) in [5.41, 5.74) is 7.97. The molecule has 0 aliphatic heterocycles. The fourth-order valence-electron chi connectivity index (χ4n) is 2.73. The first-order valence-corrected chi connectivity index (χ1v) is 6.39. The zero-order valence-corrected chi connectivity index (χ0v) is 11.0. The van der Waals surface area contributed by atoms with Crippen LogP contribution in [0.4, 0.5) is 0 Å². The summed E-state index contributed by atoms with van der Waals surface area (Å²) in [5.74, 6) is 0.514. The lowest BCUT2D eigenvalue weighted by molar-refractivity contribution is 0.262. The second-order valence-electron chi connectivity index (χ2n) is 5.00. The SMILES string of the molecule is CCC(CC)(c1ccccc1)C(N)C(C)C. The molecule has 1 aromatic rings. The molecular weight excluding hydrogens is 194 g/mol. The van der Waals surface area contributed by atoms with Crippen LogP contribution in [0.5, 0.6) is 0 Å². The minimum absolute atomic E-state index is 0.134. The number of nitrogens with two attached hydrogens (primary N) is 1. The molecule has 1 rings (SSSR count). The van der Waals surface area contributed by atoms with Crippen molar-refractivity contribution in [2.45, 2.75) is 52.0 Å². The molecular formula is C15H25N. The minimum atomic E-state index is 0.134. The second kappa shape index (κ2) is 5.49. The quantitative estimate of drug-likeness (QED) is 0.802. The molecule has 0 bridgehead atoms. The second-order valence-corrected chi connectivity index (χ2v) is 5.00. The van der Waals surface area contributed by atoms with Crippen LogP contribution in [-0.2, 0) is 5.41 Å². The molecule has 90 valence electrons. The van der Waals surface area contributed by atoms with Gasteiger partial charge in [-0.1, -0.05) is 58.0 Å². The molecule has 0 saturated carbocycles. The molecule has 0 aliphatic rings. The number of rotatable bonds is 5. The van der Waals surface area contributed by atoms with Crippen LogP contribution in [0.1, 0.15) is 46.1 Å². The highest BCUT2D eigenvalue weighted by Gasteiger charge is 2.36. The summed E-state index contributed by atoms with van der Waals surface area (Å²) in [6.07, 6.45) is 2.21. The lowest BCUT2D eigenvalue weighted by atomic mass is 9.67. The van der Waals surface area contributed by atoms with Crippen LogP contribution < -0.4 is 5.73 Å². The summed E-state index contributed by atoms with van der Waals surface area (Å²) in [6, 6.07) is 11.0. The Hall–Kier alpha value is -0.820. The molecule has 0 spiro atoms. The van der Waals surface area contributed by atoms with Crippen molar-refractivity contribution in [2.24, 2.45) is 11.7 Å². The van der Waals surface area contributed by atoms with Gasteiger partial charge in [0.15, 0.2) is 0 Å². The van der Waals surface area contributed by atoms with E-state index in [1.165, 1.54) is 5.56 Å². The molecule has 1 unspecified atom stereocenters. The molecule has 1 aromatic carbocycles. The zero-order chi connectivity index (χ0) is 12.2. The van der Waals surface area contributed by atoms with E-state index in [4.69, 9.17) is 5.73 Å². The molecule has 16 heavy (non-hydrogen) atoms. The number of benzene rings is 1. The van der Waals surface area contributed by atoms with Gasteiger partial charge >= 0.3 is 0 Å². The van der Waals surface area contributed by atoms with Gasteiger partial charge in [0.25, 0.3) is 0 Å². The van der Waals surface area contributed by atoms with Gasteiger partial charge in [0.2, 0.25) is 0 Å². The van der Waals surface area contributed by atoms with Crippen LogP contribution >= 0.6 is 0 Å². The van der Waals surface area contributed by atoms with Crippen LogP contribution in [0.2, 0.25) is 0 Å². The monoisotopic (exact) mass is 219 g/mol. The van der Waals surface area contributed by atoms with Gasteiger partial charge in [0.05, 0.1) is 0 Å². The maximum absolute atomic E-state index is 6.45. The van der Waals surface area contributed by atoms with E-state index in [0.717, 1.165) is 12.8 Å². The first-order valence-electron chi connectivity index (χ1n) is 6.39. The van der Waals surface area contributed by atoms with Crippen molar-refractivity contribution in [1.29, 1.82) is 0 Å². The summed E-state index contributed by atoms with van der Waals surface area (Å²) >= 11 is 0. The fraction of sp³-hybridized carbons (Fsp3) is 0.600. The Morgan fingerprint density at radius 3 is 1.94 bits per heavy atom. The van der Waals surface area contributed by atoms with Gasteiger partial charge in [0, 0.05) is 11.5 Å². The van der Waals surface area contributed by atoms with Crippen LogP contribution in [0.3, 0.4) is 0 Å². The standard InChI is InChI=1S/C15H25N/c1-5-15(6-2,14(16)12(3)4)13-10-8-7-9-11-13/h7-12,14H,5-6,16H2,1-4H3. The van der Waals surface area contributed by atoms with Crippen molar-refractivity contribution in [3.05, 3.63) is 35.9 Å². The lowest BCUT2D eigenvalue weighted by Gasteiger charge is -2.40. The molecule has 1 nitrogen and oxygen atoms in total. The van der Waals surface area contributed by atoms with Crippen LogP contribution in [-0.4, -0.2) is 6.04 Å². The van der Waals surface area contributed by atoms with Crippen LogP contribution in [0.15, 0.2) is 30.3 Å². The third kappa shape index (κ3) is 2.30. The van der Waals surface area contributed by atoms with Crippen molar-refractivity contribution in [3.63, 3.8) is 0 Å². The Labute approximate surface area is 100 Å². The van der Waals surface area contributed by atoms with Gasteiger partial charge in [-0.15, -0.1) is 0 Å². The zero-order valence-electron chi connectivity index (χ0n) is 11.0. The Balaban J connectivity index is 3.15. The van der Waals surface area contributed by atoms with E-state index >= 15 is 0 Å². The van der Waals surface area contributed by atoms with E-state index < -0.39 is 0 Å². The summed E-state index contributed by atoms with van der Waals surface area (Å²) in [6.45, 7) is 8.93. The lowest BCUT2D eigenvalue weighted by Crippen LogP contribution is -2.48. The Kier molecular flexibility index (Phi) is 4.55. The number of hydrogen-bond acceptors (Lipinski definition) is 1. The van der Waals surface area contributed by atoms with Gasteiger partial charge in [-0.05, 0) is 24.3 Å². The van der Waals surface area contributed by atoms with Crippen molar-refractivity contribution >= 4 is 0 Å². The fourth-order valence-corrected chi connectivity index (χ4v) is 2.73. The maximum Gasteiger partial charge on any atom is 0.0159 e. The molecule has 1 atom stereocenters.